The van der Waals surface area contributed by atoms with Crippen LogP contribution in [0, 0.1) is 0 Å². The Morgan fingerprint density at radius 2 is 2.00 bits per heavy atom. The normalized spacial score (nSPS) is 17.7. The number of nitrogen functional groups attached to an aromatic ring is 1. The molecular weight excluding hydrogens is 282 g/mol. The molecular formula is C11H14BrN5. The van der Waals surface area contributed by atoms with Crippen molar-refractivity contribution in [3.8, 4) is 0 Å². The maximum atomic E-state index is 5.87. The molecule has 2 N–H and O–H groups in total. The monoisotopic (exact) mass is 295 g/mol. The maximum absolute atomic E-state index is 5.87. The number of aromatic nitrogens is 4. The summed E-state index contributed by atoms with van der Waals surface area (Å²) >= 11 is 3.44. The molecule has 1 aliphatic rings. The van der Waals surface area contributed by atoms with E-state index in [1.165, 1.54) is 38.4 Å². The Hall–Kier alpha value is -1.17. The molecule has 0 atom stereocenters. The Balaban J connectivity index is 2.13. The number of halogens is 1. The zero-order chi connectivity index (χ0) is 11.8. The van der Waals surface area contributed by atoms with Gasteiger partial charge in [-0.3, -0.25) is 0 Å². The lowest BCUT2D eigenvalue weighted by Crippen LogP contribution is -2.14. The first-order valence-corrected chi connectivity index (χ1v) is 6.71. The van der Waals surface area contributed by atoms with Crippen molar-refractivity contribution in [1.29, 1.82) is 0 Å². The summed E-state index contributed by atoms with van der Waals surface area (Å²) in [5, 5.41) is 5.36. The summed E-state index contributed by atoms with van der Waals surface area (Å²) in [7, 11) is 0. The molecule has 3 rings (SSSR count). The lowest BCUT2D eigenvalue weighted by atomic mass is 9.96. The van der Waals surface area contributed by atoms with E-state index in [4.69, 9.17) is 5.73 Å². The molecule has 5 nitrogen and oxygen atoms in total. The number of anilines is 1. The van der Waals surface area contributed by atoms with E-state index in [2.05, 4.69) is 31.0 Å². The molecule has 1 saturated carbocycles. The molecule has 2 heterocycles. The molecule has 0 unspecified atom stereocenters. The predicted molar refractivity (Wildman–Crippen MR) is 69.6 cm³/mol. The van der Waals surface area contributed by atoms with Crippen molar-refractivity contribution in [2.75, 3.05) is 5.73 Å². The van der Waals surface area contributed by atoms with Gasteiger partial charge in [-0.25, -0.2) is 14.6 Å². The van der Waals surface area contributed by atoms with E-state index >= 15 is 0 Å². The predicted octanol–water partition coefficient (Wildman–Crippen LogP) is 2.68. The standard InChI is InChI=1S/C11H14BrN5/c12-9-8-10(13)14-6-15-11(8)17(16-9)7-4-2-1-3-5-7/h6-7H,1-5H2,(H2,13,14,15). The fourth-order valence-electron chi connectivity index (χ4n) is 2.53. The van der Waals surface area contributed by atoms with E-state index in [9.17, 15) is 0 Å². The van der Waals surface area contributed by atoms with Crippen LogP contribution in [0.15, 0.2) is 10.9 Å². The average molecular weight is 296 g/mol. The van der Waals surface area contributed by atoms with Crippen molar-refractivity contribution >= 4 is 32.8 Å². The molecule has 0 radical (unpaired) electrons. The molecule has 0 aromatic carbocycles. The van der Waals surface area contributed by atoms with Crippen molar-refractivity contribution < 1.29 is 0 Å². The zero-order valence-electron chi connectivity index (χ0n) is 9.43. The molecule has 2 aromatic rings. The van der Waals surface area contributed by atoms with Crippen LogP contribution in [0.1, 0.15) is 38.1 Å². The SMILES string of the molecule is Nc1ncnc2c1c(Br)nn2C1CCCCC1. The molecule has 17 heavy (non-hydrogen) atoms. The molecule has 90 valence electrons. The highest BCUT2D eigenvalue weighted by Gasteiger charge is 2.21. The Kier molecular flexibility index (Phi) is 2.74. The highest BCUT2D eigenvalue weighted by Crippen LogP contribution is 2.33. The second kappa shape index (κ2) is 4.25. The van der Waals surface area contributed by atoms with Gasteiger partial charge in [-0.15, -0.1) is 0 Å². The van der Waals surface area contributed by atoms with Crippen molar-refractivity contribution in [3.63, 3.8) is 0 Å². The topological polar surface area (TPSA) is 69.6 Å². The Bertz CT molecular complexity index is 544. The van der Waals surface area contributed by atoms with Crippen LogP contribution < -0.4 is 5.73 Å². The molecule has 0 amide bonds. The first-order chi connectivity index (χ1) is 8.27. The van der Waals surface area contributed by atoms with Crippen LogP contribution in [0.25, 0.3) is 11.0 Å². The van der Waals surface area contributed by atoms with Crippen LogP contribution in [0.4, 0.5) is 5.82 Å². The summed E-state index contributed by atoms with van der Waals surface area (Å²) in [6.07, 6.45) is 7.72. The lowest BCUT2D eigenvalue weighted by Gasteiger charge is -2.22. The molecule has 2 aromatic heterocycles. The lowest BCUT2D eigenvalue weighted by molar-refractivity contribution is 0.335. The number of hydrogen-bond donors (Lipinski definition) is 1. The van der Waals surface area contributed by atoms with Gasteiger partial charge in [0.15, 0.2) is 5.65 Å². The van der Waals surface area contributed by atoms with Gasteiger partial charge >= 0.3 is 0 Å². The summed E-state index contributed by atoms with van der Waals surface area (Å²) < 4.78 is 2.76. The number of nitrogens with zero attached hydrogens (tertiary/aromatic N) is 4. The van der Waals surface area contributed by atoms with E-state index in [1.807, 2.05) is 4.68 Å². The Labute approximate surface area is 108 Å². The van der Waals surface area contributed by atoms with E-state index in [-0.39, 0.29) is 0 Å². The van der Waals surface area contributed by atoms with Gasteiger partial charge in [0.1, 0.15) is 16.7 Å². The van der Waals surface area contributed by atoms with Gasteiger partial charge in [-0.2, -0.15) is 5.10 Å². The molecule has 0 bridgehead atoms. The van der Waals surface area contributed by atoms with Gasteiger partial charge in [0.2, 0.25) is 0 Å². The van der Waals surface area contributed by atoms with Gasteiger partial charge in [-0.1, -0.05) is 19.3 Å². The summed E-state index contributed by atoms with van der Waals surface area (Å²) in [5.74, 6) is 0.490. The third-order valence-corrected chi connectivity index (χ3v) is 3.95. The Morgan fingerprint density at radius 3 is 2.76 bits per heavy atom. The van der Waals surface area contributed by atoms with Gasteiger partial charge in [0.05, 0.1) is 11.4 Å². The van der Waals surface area contributed by atoms with E-state index in [0.717, 1.165) is 15.6 Å². The number of fused-ring (bicyclic) bond motifs is 1. The molecule has 1 aliphatic carbocycles. The highest BCUT2D eigenvalue weighted by molar-refractivity contribution is 9.10. The van der Waals surface area contributed by atoms with Gasteiger partial charge in [0, 0.05) is 0 Å². The van der Waals surface area contributed by atoms with Crippen LogP contribution in [-0.2, 0) is 0 Å². The minimum absolute atomic E-state index is 0.451. The van der Waals surface area contributed by atoms with Gasteiger partial charge in [-0.05, 0) is 28.8 Å². The van der Waals surface area contributed by atoms with Crippen LogP contribution in [-0.4, -0.2) is 19.7 Å². The summed E-state index contributed by atoms with van der Waals surface area (Å²) in [6.45, 7) is 0. The third kappa shape index (κ3) is 1.80. The largest absolute Gasteiger partial charge is 0.383 e. The highest BCUT2D eigenvalue weighted by atomic mass is 79.9. The molecule has 6 heteroatoms. The van der Waals surface area contributed by atoms with E-state index < -0.39 is 0 Å². The van der Waals surface area contributed by atoms with Gasteiger partial charge in [0.25, 0.3) is 0 Å². The number of rotatable bonds is 1. The van der Waals surface area contributed by atoms with Crippen LogP contribution >= 0.6 is 15.9 Å². The first kappa shape index (κ1) is 11.0. The first-order valence-electron chi connectivity index (χ1n) is 5.91. The van der Waals surface area contributed by atoms with Crippen LogP contribution in [0.2, 0.25) is 0 Å². The second-order valence-electron chi connectivity index (χ2n) is 4.48. The van der Waals surface area contributed by atoms with Crippen molar-refractivity contribution in [2.45, 2.75) is 38.1 Å². The Morgan fingerprint density at radius 1 is 1.24 bits per heavy atom. The fourth-order valence-corrected chi connectivity index (χ4v) is 3.08. The molecule has 0 spiro atoms. The molecule has 1 fully saturated rings. The smallest absolute Gasteiger partial charge is 0.164 e. The van der Waals surface area contributed by atoms with Gasteiger partial charge < -0.3 is 5.73 Å². The van der Waals surface area contributed by atoms with Crippen molar-refractivity contribution in [2.24, 2.45) is 0 Å². The third-order valence-electron chi connectivity index (χ3n) is 3.40. The van der Waals surface area contributed by atoms with E-state index in [1.54, 1.807) is 0 Å². The zero-order valence-corrected chi connectivity index (χ0v) is 11.0. The fraction of sp³-hybridized carbons (Fsp3) is 0.545. The van der Waals surface area contributed by atoms with Crippen LogP contribution in [0.5, 0.6) is 0 Å². The minimum atomic E-state index is 0.451. The quantitative estimate of drug-likeness (QED) is 0.878. The summed E-state index contributed by atoms with van der Waals surface area (Å²) in [5.41, 5.74) is 6.71. The van der Waals surface area contributed by atoms with Crippen LogP contribution in [0.3, 0.4) is 0 Å². The van der Waals surface area contributed by atoms with E-state index in [0.29, 0.717) is 11.9 Å². The van der Waals surface area contributed by atoms with Crippen molar-refractivity contribution in [3.05, 3.63) is 10.9 Å². The minimum Gasteiger partial charge on any atom is -0.383 e. The summed E-state index contributed by atoms with van der Waals surface area (Å²) in [6, 6.07) is 0.451. The average Bonchev–Trinajstić information content (AvgIpc) is 2.69. The number of nitrogens with two attached hydrogens (primary N) is 1. The number of hydrogen-bond acceptors (Lipinski definition) is 4. The van der Waals surface area contributed by atoms with Crippen molar-refractivity contribution in [1.82, 2.24) is 19.7 Å². The summed E-state index contributed by atoms with van der Waals surface area (Å²) in [4.78, 5) is 8.33. The maximum Gasteiger partial charge on any atom is 0.164 e. The second-order valence-corrected chi connectivity index (χ2v) is 5.24. The molecule has 0 saturated heterocycles. The molecule has 0 aliphatic heterocycles.